The highest BCUT2D eigenvalue weighted by Crippen LogP contribution is 2.18. The third-order valence-corrected chi connectivity index (χ3v) is 1.35. The molecule has 2 N–H and O–H groups in total. The minimum absolute atomic E-state index is 0.126. The molecule has 1 atom stereocenters. The van der Waals surface area contributed by atoms with E-state index in [1.807, 2.05) is 13.8 Å². The van der Waals surface area contributed by atoms with Gasteiger partial charge in [-0.15, -0.1) is 0 Å². The number of nitrogens with two attached hydrogens (primary N) is 1. The number of ether oxygens (including phenoxy) is 2. The Labute approximate surface area is 60.8 Å². The minimum Gasteiger partial charge on any atom is -0.459 e. The van der Waals surface area contributed by atoms with Crippen LogP contribution in [0.25, 0.3) is 0 Å². The van der Waals surface area contributed by atoms with E-state index in [0.29, 0.717) is 12.5 Å². The first-order valence-electron chi connectivity index (χ1n) is 3.45. The summed E-state index contributed by atoms with van der Waals surface area (Å²) in [6.45, 7) is 4.50. The fourth-order valence-electron chi connectivity index (χ4n) is 0.737. The quantitative estimate of drug-likeness (QED) is 0.622. The third-order valence-electron chi connectivity index (χ3n) is 1.35. The molecule has 0 aliphatic carbocycles. The largest absolute Gasteiger partial charge is 0.459 e. The van der Waals surface area contributed by atoms with Crippen molar-refractivity contribution in [1.29, 1.82) is 0 Å². The molecule has 1 aliphatic rings. The van der Waals surface area contributed by atoms with Crippen molar-refractivity contribution >= 4 is 0 Å². The third kappa shape index (κ3) is 1.42. The average Bonchev–Trinajstić information content (AvgIpc) is 2.34. The van der Waals surface area contributed by atoms with Crippen molar-refractivity contribution in [2.75, 3.05) is 6.54 Å². The highest BCUT2D eigenvalue weighted by molar-refractivity contribution is 4.93. The molecule has 0 aromatic heterocycles. The highest BCUT2D eigenvalue weighted by atomic mass is 16.7. The van der Waals surface area contributed by atoms with Gasteiger partial charge in [0.25, 0.3) is 0 Å². The highest BCUT2D eigenvalue weighted by Gasteiger charge is 2.21. The van der Waals surface area contributed by atoms with Crippen LogP contribution >= 0.6 is 0 Å². The Morgan fingerprint density at radius 1 is 1.70 bits per heavy atom. The van der Waals surface area contributed by atoms with Gasteiger partial charge >= 0.3 is 0 Å². The predicted octanol–water partition coefficient (Wildman–Crippen LogP) is 0.815. The molecule has 0 amide bonds. The van der Waals surface area contributed by atoms with Crippen LogP contribution in [-0.2, 0) is 9.47 Å². The fourth-order valence-corrected chi connectivity index (χ4v) is 0.737. The molecule has 1 aliphatic heterocycles. The van der Waals surface area contributed by atoms with Crippen LogP contribution in [0.15, 0.2) is 12.0 Å². The Balaban J connectivity index is 2.36. The fraction of sp³-hybridized carbons (Fsp3) is 0.714. The first-order chi connectivity index (χ1) is 4.74. The Bertz CT molecular complexity index is 143. The van der Waals surface area contributed by atoms with Crippen molar-refractivity contribution in [3.05, 3.63) is 12.0 Å². The molecule has 1 unspecified atom stereocenters. The van der Waals surface area contributed by atoms with Gasteiger partial charge < -0.3 is 15.2 Å². The Hall–Kier alpha value is -0.700. The maximum atomic E-state index is 5.32. The van der Waals surface area contributed by atoms with E-state index in [1.54, 1.807) is 6.26 Å². The molecule has 1 rings (SSSR count). The molecule has 58 valence electrons. The minimum atomic E-state index is -0.126. The topological polar surface area (TPSA) is 44.5 Å². The molecule has 3 heteroatoms. The molecule has 0 radical (unpaired) electrons. The second kappa shape index (κ2) is 2.92. The molecule has 3 nitrogen and oxygen atoms in total. The van der Waals surface area contributed by atoms with Gasteiger partial charge in [-0.3, -0.25) is 0 Å². The molecule has 0 aromatic rings. The zero-order valence-corrected chi connectivity index (χ0v) is 6.33. The summed E-state index contributed by atoms with van der Waals surface area (Å²) in [6.07, 6.45) is 1.46. The standard InChI is InChI=1S/C7H13NO2/c1-5(2)7-9-4-6(3-8)10-7/h4-5,7H,3,8H2,1-2H3. The van der Waals surface area contributed by atoms with E-state index in [-0.39, 0.29) is 6.29 Å². The molecule has 0 saturated carbocycles. The molecule has 0 bridgehead atoms. The summed E-state index contributed by atoms with van der Waals surface area (Å²) in [4.78, 5) is 0. The molecule has 0 fully saturated rings. The molecule has 0 saturated heterocycles. The van der Waals surface area contributed by atoms with Crippen LogP contribution in [0, 0.1) is 5.92 Å². The van der Waals surface area contributed by atoms with Crippen molar-refractivity contribution in [3.8, 4) is 0 Å². The van der Waals surface area contributed by atoms with Gasteiger partial charge in [0.2, 0.25) is 6.29 Å². The van der Waals surface area contributed by atoms with Gasteiger partial charge in [-0.25, -0.2) is 0 Å². The zero-order chi connectivity index (χ0) is 7.56. The first kappa shape index (κ1) is 7.41. The van der Waals surface area contributed by atoms with E-state index in [0.717, 1.165) is 5.76 Å². The van der Waals surface area contributed by atoms with E-state index >= 15 is 0 Å². The molecule has 1 heterocycles. The van der Waals surface area contributed by atoms with Crippen molar-refractivity contribution in [2.24, 2.45) is 11.7 Å². The lowest BCUT2D eigenvalue weighted by molar-refractivity contribution is -0.0641. The monoisotopic (exact) mass is 143 g/mol. The second-order valence-corrected chi connectivity index (χ2v) is 2.65. The van der Waals surface area contributed by atoms with Gasteiger partial charge in [-0.1, -0.05) is 13.8 Å². The summed E-state index contributed by atoms with van der Waals surface area (Å²) in [5, 5.41) is 0. The maximum absolute atomic E-state index is 5.32. The molecule has 0 spiro atoms. The van der Waals surface area contributed by atoms with Crippen LogP contribution in [0.3, 0.4) is 0 Å². The van der Waals surface area contributed by atoms with Gasteiger partial charge in [0.05, 0.1) is 6.54 Å². The summed E-state index contributed by atoms with van der Waals surface area (Å²) < 4.78 is 10.4. The number of rotatable bonds is 2. The summed E-state index contributed by atoms with van der Waals surface area (Å²) in [6, 6.07) is 0. The Kier molecular flexibility index (Phi) is 2.17. The van der Waals surface area contributed by atoms with E-state index in [4.69, 9.17) is 15.2 Å². The first-order valence-corrected chi connectivity index (χ1v) is 3.45. The van der Waals surface area contributed by atoms with Crippen molar-refractivity contribution in [1.82, 2.24) is 0 Å². The number of hydrogen-bond donors (Lipinski definition) is 1. The van der Waals surface area contributed by atoms with Gasteiger partial charge in [-0.05, 0) is 0 Å². The van der Waals surface area contributed by atoms with Gasteiger partial charge in [0.15, 0.2) is 0 Å². The lowest BCUT2D eigenvalue weighted by Crippen LogP contribution is -2.17. The predicted molar refractivity (Wildman–Crippen MR) is 37.9 cm³/mol. The van der Waals surface area contributed by atoms with Crippen molar-refractivity contribution in [2.45, 2.75) is 20.1 Å². The van der Waals surface area contributed by atoms with Crippen molar-refractivity contribution in [3.63, 3.8) is 0 Å². The van der Waals surface area contributed by atoms with E-state index in [1.165, 1.54) is 0 Å². The Morgan fingerprint density at radius 3 is 2.70 bits per heavy atom. The van der Waals surface area contributed by atoms with E-state index in [2.05, 4.69) is 0 Å². The molecular weight excluding hydrogens is 130 g/mol. The smallest absolute Gasteiger partial charge is 0.242 e. The van der Waals surface area contributed by atoms with E-state index < -0.39 is 0 Å². The Morgan fingerprint density at radius 2 is 2.40 bits per heavy atom. The zero-order valence-electron chi connectivity index (χ0n) is 6.33. The second-order valence-electron chi connectivity index (χ2n) is 2.65. The summed E-state index contributed by atoms with van der Waals surface area (Å²) in [5.41, 5.74) is 5.32. The van der Waals surface area contributed by atoms with Gasteiger partial charge in [0.1, 0.15) is 12.0 Å². The molecular formula is C7H13NO2. The lowest BCUT2D eigenvalue weighted by Gasteiger charge is -2.14. The molecule has 10 heavy (non-hydrogen) atoms. The van der Waals surface area contributed by atoms with Gasteiger partial charge in [-0.2, -0.15) is 0 Å². The van der Waals surface area contributed by atoms with Crippen LogP contribution in [0.5, 0.6) is 0 Å². The molecule has 0 aromatic carbocycles. The van der Waals surface area contributed by atoms with Crippen LogP contribution in [0.2, 0.25) is 0 Å². The normalized spacial score (nSPS) is 24.0. The van der Waals surface area contributed by atoms with Crippen LogP contribution in [0.1, 0.15) is 13.8 Å². The maximum Gasteiger partial charge on any atom is 0.242 e. The van der Waals surface area contributed by atoms with Crippen LogP contribution < -0.4 is 5.73 Å². The van der Waals surface area contributed by atoms with Crippen LogP contribution in [-0.4, -0.2) is 12.8 Å². The van der Waals surface area contributed by atoms with Crippen molar-refractivity contribution < 1.29 is 9.47 Å². The summed E-state index contributed by atoms with van der Waals surface area (Å²) >= 11 is 0. The summed E-state index contributed by atoms with van der Waals surface area (Å²) in [7, 11) is 0. The SMILES string of the molecule is CC(C)C1OC=C(CN)O1. The average molecular weight is 143 g/mol. The lowest BCUT2D eigenvalue weighted by atomic mass is 10.2. The van der Waals surface area contributed by atoms with Crippen LogP contribution in [0.4, 0.5) is 0 Å². The van der Waals surface area contributed by atoms with E-state index in [9.17, 15) is 0 Å². The summed E-state index contributed by atoms with van der Waals surface area (Å²) in [5.74, 6) is 1.11. The number of hydrogen-bond acceptors (Lipinski definition) is 3. The van der Waals surface area contributed by atoms with Gasteiger partial charge in [0, 0.05) is 5.92 Å².